The first kappa shape index (κ1) is 6.12. The van der Waals surface area contributed by atoms with Crippen LogP contribution in [0.1, 0.15) is 5.69 Å². The largest absolute Gasteiger partial charge is 0.246 e. The molecule has 0 N–H and O–H groups in total. The van der Waals surface area contributed by atoms with E-state index in [2.05, 4.69) is 10.9 Å². The number of nitrogens with zero attached hydrogens (tertiary/aromatic N) is 1. The summed E-state index contributed by atoms with van der Waals surface area (Å²) in [6.45, 7) is 0. The van der Waals surface area contributed by atoms with Crippen molar-refractivity contribution in [3.8, 4) is 5.92 Å². The maximum absolute atomic E-state index is 6.69. The molecule has 2 heteroatoms. The van der Waals surface area contributed by atoms with Gasteiger partial charge in [-0.1, -0.05) is 11.6 Å². The Bertz CT molecular complexity index is 249. The normalized spacial score (nSPS) is 8.44. The Labute approximate surface area is 58.7 Å². The summed E-state index contributed by atoms with van der Waals surface area (Å²) in [7, 11) is 0. The quantitative estimate of drug-likeness (QED) is 0.495. The van der Waals surface area contributed by atoms with Crippen LogP contribution in [0.2, 0.25) is 5.02 Å². The minimum atomic E-state index is 0.388. The number of pyridine rings is 1. The van der Waals surface area contributed by atoms with Gasteiger partial charge in [-0.15, -0.1) is 0 Å². The molecule has 0 aromatic carbocycles. The van der Waals surface area contributed by atoms with Crippen LogP contribution in [0, 0.1) is 12.3 Å². The molecule has 0 saturated carbocycles. The number of aromatic nitrogens is 1. The van der Waals surface area contributed by atoms with E-state index in [1.807, 2.05) is 0 Å². The summed E-state index contributed by atoms with van der Waals surface area (Å²) in [6, 6.07) is 3.38. The van der Waals surface area contributed by atoms with E-state index >= 15 is 0 Å². The molecule has 0 aliphatic rings. The Morgan fingerprint density at radius 3 is 2.89 bits per heavy atom. The summed E-state index contributed by atoms with van der Waals surface area (Å²) in [6.07, 6.45) is 8.26. The number of halogens is 1. The Morgan fingerprint density at radius 1 is 1.67 bits per heavy atom. The lowest BCUT2D eigenvalue weighted by atomic mass is 10.4. The van der Waals surface area contributed by atoms with Crippen molar-refractivity contribution in [1.82, 2.24) is 4.98 Å². The standard InChI is InChI=1S/C7H3ClN/c1-2-7-6(8)4-3-5-9-7/h3-5H. The van der Waals surface area contributed by atoms with E-state index < -0.39 is 0 Å². The van der Waals surface area contributed by atoms with Gasteiger partial charge in [0.05, 0.1) is 5.02 Å². The van der Waals surface area contributed by atoms with Crippen LogP contribution in [0.25, 0.3) is 0 Å². The summed E-state index contributed by atoms with van der Waals surface area (Å²) in [4.78, 5) is 3.77. The van der Waals surface area contributed by atoms with Crippen LogP contribution in [0.4, 0.5) is 0 Å². The molecule has 1 nitrogen and oxygen atoms in total. The van der Waals surface area contributed by atoms with Crippen molar-refractivity contribution in [2.24, 2.45) is 0 Å². The number of rotatable bonds is 0. The zero-order valence-corrected chi connectivity index (χ0v) is 5.31. The van der Waals surface area contributed by atoms with Crippen molar-refractivity contribution >= 4 is 11.6 Å². The average Bonchev–Trinajstić information content (AvgIpc) is 1.89. The Morgan fingerprint density at radius 2 is 2.44 bits per heavy atom. The predicted octanol–water partition coefficient (Wildman–Crippen LogP) is 1.67. The molecule has 1 rings (SSSR count). The van der Waals surface area contributed by atoms with Crippen molar-refractivity contribution in [1.29, 1.82) is 0 Å². The van der Waals surface area contributed by atoms with Crippen LogP contribution in [0.3, 0.4) is 0 Å². The molecule has 1 radical (unpaired) electrons. The van der Waals surface area contributed by atoms with E-state index in [4.69, 9.17) is 18.0 Å². The maximum Gasteiger partial charge on any atom is 0.132 e. The number of hydrogen-bond donors (Lipinski definition) is 0. The zero-order valence-electron chi connectivity index (χ0n) is 4.56. The minimum absolute atomic E-state index is 0.388. The number of hydrogen-bond acceptors (Lipinski definition) is 1. The van der Waals surface area contributed by atoms with Crippen molar-refractivity contribution < 1.29 is 0 Å². The Hall–Kier alpha value is -1.00. The molecule has 0 spiro atoms. The first-order chi connectivity index (χ1) is 4.34. The molecule has 1 heterocycles. The van der Waals surface area contributed by atoms with Gasteiger partial charge in [0.1, 0.15) is 5.69 Å². The summed E-state index contributed by atoms with van der Waals surface area (Å²) < 4.78 is 0. The van der Waals surface area contributed by atoms with Gasteiger partial charge in [0.25, 0.3) is 0 Å². The molecule has 0 bridgehead atoms. The smallest absolute Gasteiger partial charge is 0.132 e. The summed E-state index contributed by atoms with van der Waals surface area (Å²) in [5.41, 5.74) is 0.388. The summed E-state index contributed by atoms with van der Waals surface area (Å²) in [5.74, 6) is 2.10. The second-order valence-electron chi connectivity index (χ2n) is 1.46. The van der Waals surface area contributed by atoms with E-state index in [-0.39, 0.29) is 0 Å². The highest BCUT2D eigenvalue weighted by molar-refractivity contribution is 6.31. The fraction of sp³-hybridized carbons (Fsp3) is 0. The lowest BCUT2D eigenvalue weighted by Crippen LogP contribution is -1.79. The molecule has 0 aliphatic heterocycles. The van der Waals surface area contributed by atoms with Crippen LogP contribution < -0.4 is 0 Å². The Balaban J connectivity index is 3.20. The molecular formula is C7H3ClN. The molecule has 1 aromatic rings. The van der Waals surface area contributed by atoms with Gasteiger partial charge in [-0.3, -0.25) is 0 Å². The van der Waals surface area contributed by atoms with E-state index in [0.717, 1.165) is 0 Å². The fourth-order valence-corrected chi connectivity index (χ4v) is 0.646. The summed E-state index contributed by atoms with van der Waals surface area (Å²) >= 11 is 5.58. The molecule has 0 unspecified atom stereocenters. The third kappa shape index (κ3) is 1.22. The van der Waals surface area contributed by atoms with Crippen LogP contribution in [0.15, 0.2) is 18.3 Å². The predicted molar refractivity (Wildman–Crippen MR) is 35.5 cm³/mol. The first-order valence-corrected chi connectivity index (χ1v) is 2.75. The molecular weight excluding hydrogens is 134 g/mol. The maximum atomic E-state index is 6.69. The Kier molecular flexibility index (Phi) is 1.72. The van der Waals surface area contributed by atoms with Gasteiger partial charge in [0, 0.05) is 6.20 Å². The minimum Gasteiger partial charge on any atom is -0.246 e. The molecule has 43 valence electrons. The van der Waals surface area contributed by atoms with E-state index in [9.17, 15) is 0 Å². The molecule has 0 amide bonds. The highest BCUT2D eigenvalue weighted by Crippen LogP contribution is 2.09. The van der Waals surface area contributed by atoms with Crippen molar-refractivity contribution in [2.45, 2.75) is 0 Å². The van der Waals surface area contributed by atoms with E-state index in [1.54, 1.807) is 18.3 Å². The van der Waals surface area contributed by atoms with E-state index in [1.165, 1.54) is 0 Å². The monoisotopic (exact) mass is 136 g/mol. The van der Waals surface area contributed by atoms with Crippen molar-refractivity contribution in [3.05, 3.63) is 35.5 Å². The molecule has 9 heavy (non-hydrogen) atoms. The van der Waals surface area contributed by atoms with E-state index in [0.29, 0.717) is 10.7 Å². The second-order valence-corrected chi connectivity index (χ2v) is 1.87. The van der Waals surface area contributed by atoms with Crippen LogP contribution in [0.5, 0.6) is 0 Å². The molecule has 0 atom stereocenters. The van der Waals surface area contributed by atoms with Crippen molar-refractivity contribution in [3.63, 3.8) is 0 Å². The van der Waals surface area contributed by atoms with Crippen LogP contribution in [-0.4, -0.2) is 4.98 Å². The van der Waals surface area contributed by atoms with Gasteiger partial charge in [-0.2, -0.15) is 0 Å². The van der Waals surface area contributed by atoms with Crippen molar-refractivity contribution in [2.75, 3.05) is 0 Å². The third-order valence-corrected chi connectivity index (χ3v) is 1.18. The highest BCUT2D eigenvalue weighted by atomic mass is 35.5. The van der Waals surface area contributed by atoms with Gasteiger partial charge in [0.15, 0.2) is 0 Å². The molecule has 1 aromatic heterocycles. The zero-order chi connectivity index (χ0) is 6.69. The topological polar surface area (TPSA) is 12.9 Å². The van der Waals surface area contributed by atoms with Gasteiger partial charge >= 0.3 is 0 Å². The highest BCUT2D eigenvalue weighted by Gasteiger charge is 1.92. The molecule has 0 aliphatic carbocycles. The second kappa shape index (κ2) is 2.52. The van der Waals surface area contributed by atoms with Gasteiger partial charge in [-0.25, -0.2) is 4.98 Å². The fourth-order valence-electron chi connectivity index (χ4n) is 0.478. The van der Waals surface area contributed by atoms with Gasteiger partial charge < -0.3 is 0 Å². The summed E-state index contributed by atoms with van der Waals surface area (Å²) in [5, 5.41) is 0.465. The van der Waals surface area contributed by atoms with Crippen LogP contribution in [-0.2, 0) is 0 Å². The van der Waals surface area contributed by atoms with Gasteiger partial charge in [0.2, 0.25) is 0 Å². The molecule has 0 saturated heterocycles. The SMILES string of the molecule is [C]#Cc1ncccc1Cl. The molecule has 0 fully saturated rings. The third-order valence-electron chi connectivity index (χ3n) is 0.877. The average molecular weight is 137 g/mol. The lowest BCUT2D eigenvalue weighted by Gasteiger charge is -1.89. The van der Waals surface area contributed by atoms with Gasteiger partial charge in [-0.05, 0) is 24.5 Å². The first-order valence-electron chi connectivity index (χ1n) is 2.38. The lowest BCUT2D eigenvalue weighted by molar-refractivity contribution is 1.29. The van der Waals surface area contributed by atoms with Crippen LogP contribution >= 0.6 is 11.6 Å².